The van der Waals surface area contributed by atoms with Crippen molar-refractivity contribution in [3.8, 4) is 5.88 Å². The van der Waals surface area contributed by atoms with Gasteiger partial charge in [-0.1, -0.05) is 59.9 Å². The number of carbonyl (C=O) groups excluding carboxylic acids is 2. The van der Waals surface area contributed by atoms with Crippen LogP contribution in [-0.4, -0.2) is 21.4 Å². The summed E-state index contributed by atoms with van der Waals surface area (Å²) in [5.41, 5.74) is 2.60. The Balaban J connectivity index is 1.63. The first-order valence-electron chi connectivity index (χ1n) is 8.84. The quantitative estimate of drug-likeness (QED) is 0.653. The average Bonchev–Trinajstić information content (AvgIpc) is 2.98. The highest BCUT2D eigenvalue weighted by molar-refractivity contribution is 7.10. The van der Waals surface area contributed by atoms with Crippen LogP contribution in [0.4, 0.5) is 5.69 Å². The number of para-hydroxylation sites is 1. The van der Waals surface area contributed by atoms with Gasteiger partial charge in [0.2, 0.25) is 11.8 Å². The summed E-state index contributed by atoms with van der Waals surface area (Å²) in [6.07, 6.45) is 4.69. The van der Waals surface area contributed by atoms with Crippen LogP contribution in [0.3, 0.4) is 0 Å². The lowest BCUT2D eigenvalue weighted by Crippen LogP contribution is -2.23. The molecule has 1 heterocycles. The molecule has 1 aliphatic carbocycles. The zero-order chi connectivity index (χ0) is 20.4. The van der Waals surface area contributed by atoms with Crippen LogP contribution in [0.5, 0.6) is 5.88 Å². The van der Waals surface area contributed by atoms with Gasteiger partial charge in [-0.25, -0.2) is 0 Å². The predicted molar refractivity (Wildman–Crippen MR) is 114 cm³/mol. The number of amides is 1. The van der Waals surface area contributed by atoms with Gasteiger partial charge < -0.3 is 10.4 Å². The minimum atomic E-state index is -0.482. The van der Waals surface area contributed by atoms with Crippen LogP contribution in [-0.2, 0) is 16.1 Å². The maximum Gasteiger partial charge on any atom is 0.311 e. The zero-order valence-electron chi connectivity index (χ0n) is 15.2. The van der Waals surface area contributed by atoms with Crippen molar-refractivity contribution in [1.82, 2.24) is 4.57 Å². The Hall–Kier alpha value is -3.71. The molecule has 1 aliphatic rings. The molecule has 0 spiro atoms. The van der Waals surface area contributed by atoms with E-state index in [4.69, 9.17) is 0 Å². The summed E-state index contributed by atoms with van der Waals surface area (Å²) < 4.78 is 0.990. The maximum atomic E-state index is 12.4. The standard InChI is InChI=1S/C22H16N2O4S/c25-18-11-10-14-6-4-5-9-16(14)17(18)12-19-21(27)24(22(28)29-19)13-20(26)23-15-7-2-1-3-8-15/h1-12,27H,13H2,(H,23,26)/b17-12-. The summed E-state index contributed by atoms with van der Waals surface area (Å²) in [6, 6.07) is 16.2. The number of nitrogens with zero attached hydrogens (tertiary/aromatic N) is 1. The van der Waals surface area contributed by atoms with Gasteiger partial charge in [-0.05, 0) is 35.4 Å². The Kier molecular flexibility index (Phi) is 4.97. The molecule has 0 fully saturated rings. The second-order valence-corrected chi connectivity index (χ2v) is 7.39. The first-order chi connectivity index (χ1) is 14.0. The molecule has 144 valence electrons. The number of fused-ring (bicyclic) bond motifs is 1. The number of benzene rings is 2. The van der Waals surface area contributed by atoms with E-state index in [1.807, 2.05) is 30.3 Å². The molecule has 0 bridgehead atoms. The van der Waals surface area contributed by atoms with Gasteiger partial charge in [-0.15, -0.1) is 0 Å². The maximum absolute atomic E-state index is 12.4. The van der Waals surface area contributed by atoms with Crippen LogP contribution in [0.1, 0.15) is 16.0 Å². The monoisotopic (exact) mass is 404 g/mol. The summed E-state index contributed by atoms with van der Waals surface area (Å²) in [6.45, 7) is -0.330. The van der Waals surface area contributed by atoms with Gasteiger partial charge in [0, 0.05) is 11.3 Å². The van der Waals surface area contributed by atoms with E-state index in [2.05, 4.69) is 5.32 Å². The highest BCUT2D eigenvalue weighted by Gasteiger charge is 2.20. The molecule has 3 aromatic rings. The van der Waals surface area contributed by atoms with E-state index in [1.54, 1.807) is 30.3 Å². The van der Waals surface area contributed by atoms with Crippen molar-refractivity contribution in [2.45, 2.75) is 6.54 Å². The Morgan fingerprint density at radius 1 is 1.03 bits per heavy atom. The van der Waals surface area contributed by atoms with Gasteiger partial charge in [0.05, 0.1) is 4.88 Å². The van der Waals surface area contributed by atoms with Gasteiger partial charge in [0.25, 0.3) is 0 Å². The van der Waals surface area contributed by atoms with Crippen LogP contribution in [0.25, 0.3) is 17.7 Å². The number of ketones is 1. The fourth-order valence-electron chi connectivity index (χ4n) is 3.07. The van der Waals surface area contributed by atoms with E-state index in [0.717, 1.165) is 27.0 Å². The molecular formula is C22H16N2O4S. The summed E-state index contributed by atoms with van der Waals surface area (Å²) in [5.74, 6) is -0.986. The summed E-state index contributed by atoms with van der Waals surface area (Å²) in [7, 11) is 0. The van der Waals surface area contributed by atoms with E-state index in [9.17, 15) is 19.5 Å². The van der Waals surface area contributed by atoms with Crippen molar-refractivity contribution < 1.29 is 14.7 Å². The third kappa shape index (κ3) is 3.81. The summed E-state index contributed by atoms with van der Waals surface area (Å²) in [5, 5.41) is 13.2. The Morgan fingerprint density at radius 2 is 1.76 bits per heavy atom. The third-order valence-corrected chi connectivity index (χ3v) is 5.37. The molecule has 0 radical (unpaired) electrons. The normalized spacial score (nSPS) is 14.1. The molecule has 1 amide bonds. The molecule has 0 atom stereocenters. The van der Waals surface area contributed by atoms with E-state index < -0.39 is 10.8 Å². The fourth-order valence-corrected chi connectivity index (χ4v) is 3.90. The second-order valence-electron chi connectivity index (χ2n) is 6.40. The predicted octanol–water partition coefficient (Wildman–Crippen LogP) is 3.39. The number of rotatable bonds is 4. The second kappa shape index (κ2) is 7.73. The number of allylic oxidation sites excluding steroid dienone is 2. The molecule has 2 aromatic carbocycles. The molecule has 29 heavy (non-hydrogen) atoms. The van der Waals surface area contributed by atoms with Crippen LogP contribution < -0.4 is 10.2 Å². The van der Waals surface area contributed by atoms with Gasteiger partial charge in [-0.3, -0.25) is 19.0 Å². The van der Waals surface area contributed by atoms with Crippen LogP contribution in [0.2, 0.25) is 0 Å². The fraction of sp³-hybridized carbons (Fsp3) is 0.0455. The largest absolute Gasteiger partial charge is 0.493 e. The van der Waals surface area contributed by atoms with Crippen LogP contribution >= 0.6 is 11.3 Å². The molecule has 7 heteroatoms. The lowest BCUT2D eigenvalue weighted by molar-refractivity contribution is -0.116. The minimum Gasteiger partial charge on any atom is -0.493 e. The van der Waals surface area contributed by atoms with Gasteiger partial charge in [-0.2, -0.15) is 0 Å². The van der Waals surface area contributed by atoms with Crippen LogP contribution in [0, 0.1) is 0 Å². The lowest BCUT2D eigenvalue weighted by Gasteiger charge is -2.12. The topological polar surface area (TPSA) is 88.4 Å². The molecule has 0 aliphatic heterocycles. The minimum absolute atomic E-state index is 0.211. The molecule has 0 saturated heterocycles. The zero-order valence-corrected chi connectivity index (χ0v) is 16.0. The number of hydrogen-bond donors (Lipinski definition) is 2. The van der Waals surface area contributed by atoms with Gasteiger partial charge in [0.15, 0.2) is 5.78 Å². The first-order valence-corrected chi connectivity index (χ1v) is 9.65. The van der Waals surface area contributed by atoms with E-state index in [0.29, 0.717) is 11.3 Å². The van der Waals surface area contributed by atoms with Gasteiger partial charge >= 0.3 is 4.87 Å². The van der Waals surface area contributed by atoms with Crippen molar-refractivity contribution in [2.75, 3.05) is 5.32 Å². The van der Waals surface area contributed by atoms with E-state index in [-0.39, 0.29) is 23.1 Å². The number of aromatic nitrogens is 1. The molecule has 1 aromatic heterocycles. The number of anilines is 1. The summed E-state index contributed by atoms with van der Waals surface area (Å²) in [4.78, 5) is 36.7. The smallest absolute Gasteiger partial charge is 0.311 e. The molecule has 2 N–H and O–H groups in total. The average molecular weight is 404 g/mol. The molecule has 0 unspecified atom stereocenters. The third-order valence-electron chi connectivity index (χ3n) is 4.46. The molecule has 0 saturated carbocycles. The van der Waals surface area contributed by atoms with Crippen LogP contribution in [0.15, 0.2) is 65.5 Å². The number of aromatic hydroxyl groups is 1. The Bertz CT molecular complexity index is 1220. The Morgan fingerprint density at radius 3 is 2.55 bits per heavy atom. The highest BCUT2D eigenvalue weighted by Crippen LogP contribution is 2.31. The molecular weight excluding hydrogens is 388 g/mol. The SMILES string of the molecule is O=C(Cn1c(O)c(/C=C2\C(=O)C=Cc3ccccc32)sc1=O)Nc1ccccc1. The summed E-state index contributed by atoms with van der Waals surface area (Å²) >= 11 is 0.784. The van der Waals surface area contributed by atoms with Crippen molar-refractivity contribution >= 4 is 46.4 Å². The molecule has 4 rings (SSSR count). The Labute approximate surface area is 170 Å². The van der Waals surface area contributed by atoms with Crippen molar-refractivity contribution in [3.63, 3.8) is 0 Å². The number of nitrogens with one attached hydrogen (secondary N) is 1. The van der Waals surface area contributed by atoms with E-state index in [1.165, 1.54) is 12.2 Å². The van der Waals surface area contributed by atoms with Gasteiger partial charge in [0.1, 0.15) is 6.54 Å². The number of hydrogen-bond acceptors (Lipinski definition) is 5. The highest BCUT2D eigenvalue weighted by atomic mass is 32.1. The number of carbonyl (C=O) groups is 2. The number of thiazole rings is 1. The first kappa shape index (κ1) is 18.6. The van der Waals surface area contributed by atoms with Crippen molar-refractivity contribution in [2.24, 2.45) is 0 Å². The van der Waals surface area contributed by atoms with E-state index >= 15 is 0 Å². The molecule has 6 nitrogen and oxygen atoms in total. The van der Waals surface area contributed by atoms with Crippen molar-refractivity contribution in [1.29, 1.82) is 0 Å². The van der Waals surface area contributed by atoms with Crippen molar-refractivity contribution in [3.05, 3.63) is 86.3 Å². The lowest BCUT2D eigenvalue weighted by atomic mass is 9.91.